The van der Waals surface area contributed by atoms with Crippen molar-refractivity contribution in [3.63, 3.8) is 0 Å². The Morgan fingerprint density at radius 1 is 0.900 bits per heavy atom. The molecule has 0 aliphatic carbocycles. The van der Waals surface area contributed by atoms with Gasteiger partial charge in [0.2, 0.25) is 5.91 Å². The zero-order valence-electron chi connectivity index (χ0n) is 19.6. The minimum absolute atomic E-state index is 0.00874. The summed E-state index contributed by atoms with van der Waals surface area (Å²) in [6.07, 6.45) is -0.949. The molecule has 1 aliphatic heterocycles. The Morgan fingerprint density at radius 3 is 1.80 bits per heavy atom. The molecule has 0 saturated carbocycles. The summed E-state index contributed by atoms with van der Waals surface area (Å²) >= 11 is 0. The van der Waals surface area contributed by atoms with Crippen LogP contribution in [0.25, 0.3) is 0 Å². The van der Waals surface area contributed by atoms with E-state index in [1.165, 1.54) is 0 Å². The Morgan fingerprint density at radius 2 is 1.37 bits per heavy atom. The molecule has 0 N–H and O–H groups in total. The Kier molecular flexibility index (Phi) is 7.51. The average molecular weight is 426 g/mol. The molecule has 0 spiro atoms. The van der Waals surface area contributed by atoms with Crippen molar-refractivity contribution in [1.29, 1.82) is 0 Å². The fourth-order valence-electron chi connectivity index (χ4n) is 2.83. The summed E-state index contributed by atoms with van der Waals surface area (Å²) < 4.78 is 16.0. The van der Waals surface area contributed by atoms with E-state index in [1.54, 1.807) is 62.3 Å². The summed E-state index contributed by atoms with van der Waals surface area (Å²) in [6, 6.07) is -1.14. The third-order valence-corrected chi connectivity index (χ3v) is 3.86. The van der Waals surface area contributed by atoms with Crippen molar-refractivity contribution >= 4 is 23.9 Å². The lowest BCUT2D eigenvalue weighted by molar-refractivity contribution is -0.161. The molecule has 2 amide bonds. The van der Waals surface area contributed by atoms with E-state index in [1.807, 2.05) is 0 Å². The molecule has 2 atom stereocenters. The summed E-state index contributed by atoms with van der Waals surface area (Å²) in [5.74, 6) is -2.73. The molecule has 0 aromatic carbocycles. The van der Waals surface area contributed by atoms with Gasteiger partial charge in [0.05, 0.1) is 0 Å². The quantitative estimate of drug-likeness (QED) is 0.384. The molecule has 1 heterocycles. The number of nitrogens with zero attached hydrogens (tertiary/aromatic N) is 1. The van der Waals surface area contributed by atoms with Crippen LogP contribution >= 0.6 is 0 Å². The predicted octanol–water partition coefficient (Wildman–Crippen LogP) is 3.77. The maximum absolute atomic E-state index is 13.0. The van der Waals surface area contributed by atoms with Gasteiger partial charge >= 0.3 is 18.0 Å². The van der Waals surface area contributed by atoms with Crippen LogP contribution in [0.4, 0.5) is 4.79 Å². The molecule has 1 saturated heterocycles. The number of hydrogen-bond donors (Lipinski definition) is 0. The standard InChI is InChI=1S/C22H35NO7/c1-13(17(25)28-20(2,3)4)11-14-12-15(18(26)29-21(5,6)7)23(16(14)24)19(27)30-22(8,9)10/h14-15H,1,11-12H2,2-10H3/t14-,15+/m1/s1. The molecular weight excluding hydrogens is 390 g/mol. The van der Waals surface area contributed by atoms with Gasteiger partial charge in [-0.1, -0.05) is 6.58 Å². The van der Waals surface area contributed by atoms with Crippen LogP contribution in [-0.2, 0) is 28.6 Å². The first-order valence-electron chi connectivity index (χ1n) is 10.0. The summed E-state index contributed by atoms with van der Waals surface area (Å²) in [7, 11) is 0. The van der Waals surface area contributed by atoms with Crippen LogP contribution in [0.1, 0.15) is 75.2 Å². The molecule has 0 aromatic rings. The highest BCUT2D eigenvalue weighted by Crippen LogP contribution is 2.33. The van der Waals surface area contributed by atoms with Crippen LogP contribution in [0.3, 0.4) is 0 Å². The van der Waals surface area contributed by atoms with Crippen LogP contribution in [-0.4, -0.2) is 51.7 Å². The highest BCUT2D eigenvalue weighted by molar-refractivity contribution is 6.01. The van der Waals surface area contributed by atoms with Crippen LogP contribution in [0.5, 0.6) is 0 Å². The van der Waals surface area contributed by atoms with Gasteiger partial charge in [-0.25, -0.2) is 19.3 Å². The summed E-state index contributed by atoms with van der Waals surface area (Å²) in [4.78, 5) is 51.4. The minimum atomic E-state index is -1.14. The van der Waals surface area contributed by atoms with E-state index < -0.39 is 52.7 Å². The predicted molar refractivity (Wildman–Crippen MR) is 110 cm³/mol. The molecule has 1 fully saturated rings. The van der Waals surface area contributed by atoms with Gasteiger partial charge < -0.3 is 14.2 Å². The van der Waals surface area contributed by atoms with Gasteiger partial charge in [-0.2, -0.15) is 0 Å². The van der Waals surface area contributed by atoms with Crippen LogP contribution in [0.15, 0.2) is 12.2 Å². The largest absolute Gasteiger partial charge is 0.458 e. The number of imide groups is 1. The zero-order valence-corrected chi connectivity index (χ0v) is 19.6. The summed E-state index contributed by atoms with van der Waals surface area (Å²) in [5.41, 5.74) is -2.26. The highest BCUT2D eigenvalue weighted by atomic mass is 16.6. The molecule has 30 heavy (non-hydrogen) atoms. The molecule has 170 valence electrons. The molecule has 0 bridgehead atoms. The van der Waals surface area contributed by atoms with Gasteiger partial charge in [0.1, 0.15) is 22.8 Å². The average Bonchev–Trinajstić information content (AvgIpc) is 2.79. The van der Waals surface area contributed by atoms with Crippen molar-refractivity contribution in [3.8, 4) is 0 Å². The normalized spacial score (nSPS) is 20.0. The number of ether oxygens (including phenoxy) is 3. The van der Waals surface area contributed by atoms with Gasteiger partial charge in [-0.3, -0.25) is 4.79 Å². The molecule has 8 nitrogen and oxygen atoms in total. The van der Waals surface area contributed by atoms with Gasteiger partial charge in [0.25, 0.3) is 0 Å². The maximum atomic E-state index is 13.0. The van der Waals surface area contributed by atoms with E-state index >= 15 is 0 Å². The van der Waals surface area contributed by atoms with Crippen LogP contribution in [0, 0.1) is 5.92 Å². The second-order valence-corrected chi connectivity index (χ2v) is 10.5. The number of hydrogen-bond acceptors (Lipinski definition) is 7. The van der Waals surface area contributed by atoms with Gasteiger partial charge in [0.15, 0.2) is 0 Å². The van der Waals surface area contributed by atoms with Crippen LogP contribution in [0.2, 0.25) is 0 Å². The number of carbonyl (C=O) groups excluding carboxylic acids is 4. The van der Waals surface area contributed by atoms with E-state index in [-0.39, 0.29) is 18.4 Å². The third kappa shape index (κ3) is 7.80. The molecule has 0 radical (unpaired) electrons. The number of likely N-dealkylation sites (tertiary alicyclic amines) is 1. The molecule has 1 aliphatic rings. The van der Waals surface area contributed by atoms with E-state index in [0.29, 0.717) is 0 Å². The summed E-state index contributed by atoms with van der Waals surface area (Å²) in [5, 5.41) is 0. The van der Waals surface area contributed by atoms with Crippen molar-refractivity contribution in [3.05, 3.63) is 12.2 Å². The number of carbonyl (C=O) groups is 4. The van der Waals surface area contributed by atoms with Crippen molar-refractivity contribution in [2.75, 3.05) is 0 Å². The number of esters is 2. The first-order valence-corrected chi connectivity index (χ1v) is 10.0. The second kappa shape index (κ2) is 8.78. The number of amides is 2. The van der Waals surface area contributed by atoms with E-state index in [2.05, 4.69) is 6.58 Å². The smallest absolute Gasteiger partial charge is 0.417 e. The Bertz CT molecular complexity index is 719. The van der Waals surface area contributed by atoms with Crippen molar-refractivity contribution < 1.29 is 33.4 Å². The van der Waals surface area contributed by atoms with Gasteiger partial charge in [-0.15, -0.1) is 0 Å². The van der Waals surface area contributed by atoms with Crippen molar-refractivity contribution in [2.24, 2.45) is 5.92 Å². The van der Waals surface area contributed by atoms with E-state index in [0.717, 1.165) is 4.90 Å². The monoisotopic (exact) mass is 425 g/mol. The Labute approximate surface area is 178 Å². The topological polar surface area (TPSA) is 99.2 Å². The molecule has 1 rings (SSSR count). The lowest BCUT2D eigenvalue weighted by atomic mass is 9.96. The Balaban J connectivity index is 3.08. The lowest BCUT2D eigenvalue weighted by Gasteiger charge is -2.28. The van der Waals surface area contributed by atoms with Crippen molar-refractivity contribution in [1.82, 2.24) is 4.90 Å². The third-order valence-electron chi connectivity index (χ3n) is 3.86. The maximum Gasteiger partial charge on any atom is 0.417 e. The molecule has 8 heteroatoms. The van der Waals surface area contributed by atoms with E-state index in [9.17, 15) is 19.2 Å². The molecule has 0 unspecified atom stereocenters. The van der Waals surface area contributed by atoms with E-state index in [4.69, 9.17) is 14.2 Å². The second-order valence-electron chi connectivity index (χ2n) is 10.5. The summed E-state index contributed by atoms with van der Waals surface area (Å²) in [6.45, 7) is 19.0. The fraction of sp³-hybridized carbons (Fsp3) is 0.727. The van der Waals surface area contributed by atoms with Crippen molar-refractivity contribution in [2.45, 2.75) is 98.0 Å². The molecule has 0 aromatic heterocycles. The minimum Gasteiger partial charge on any atom is -0.458 e. The highest BCUT2D eigenvalue weighted by Gasteiger charge is 2.49. The van der Waals surface area contributed by atoms with Gasteiger partial charge in [0, 0.05) is 11.5 Å². The zero-order chi connectivity index (χ0) is 23.7. The lowest BCUT2D eigenvalue weighted by Crippen LogP contribution is -2.47. The SMILES string of the molecule is C=C(C[C@@H]1C[C@@H](C(=O)OC(C)(C)C)N(C(=O)OC(C)(C)C)C1=O)C(=O)OC(C)(C)C. The first kappa shape index (κ1) is 25.7. The number of rotatable bonds is 4. The fourth-order valence-corrected chi connectivity index (χ4v) is 2.83. The molecular formula is C22H35NO7. The Hall–Kier alpha value is -2.38. The van der Waals surface area contributed by atoms with Gasteiger partial charge in [-0.05, 0) is 75.2 Å². The van der Waals surface area contributed by atoms with Crippen LogP contribution < -0.4 is 0 Å². The first-order chi connectivity index (χ1) is 13.3.